The normalized spacial score (nSPS) is 23.4. The molecule has 0 bridgehead atoms. The second kappa shape index (κ2) is 8.97. The monoisotopic (exact) mass is 266 g/mol. The third kappa shape index (κ3) is 6.27. The molecule has 1 unspecified atom stereocenters. The summed E-state index contributed by atoms with van der Waals surface area (Å²) in [5.41, 5.74) is 0. The number of rotatable bonds is 11. The first-order valence-electron chi connectivity index (χ1n) is 8.87. The van der Waals surface area contributed by atoms with Gasteiger partial charge in [-0.25, -0.2) is 0 Å². The average Bonchev–Trinajstić information content (AvgIpc) is 3.14. The van der Waals surface area contributed by atoms with Crippen molar-refractivity contribution in [3.05, 3.63) is 0 Å². The smallest absolute Gasteiger partial charge is 0.0195 e. The van der Waals surface area contributed by atoms with E-state index in [4.69, 9.17) is 0 Å². The summed E-state index contributed by atoms with van der Waals surface area (Å²) in [7, 11) is 0. The van der Waals surface area contributed by atoms with Crippen molar-refractivity contribution in [1.82, 2.24) is 10.2 Å². The molecule has 0 aromatic carbocycles. The highest BCUT2D eigenvalue weighted by Gasteiger charge is 2.30. The summed E-state index contributed by atoms with van der Waals surface area (Å²) < 4.78 is 0. The lowest BCUT2D eigenvalue weighted by Crippen LogP contribution is -2.39. The Morgan fingerprint density at radius 3 is 2.32 bits per heavy atom. The van der Waals surface area contributed by atoms with Crippen LogP contribution in [0.5, 0.6) is 0 Å². The SMILES string of the molecule is CCCCCCCCCN(CC1CCCN1)C1CC1. The van der Waals surface area contributed by atoms with Crippen LogP contribution in [-0.4, -0.2) is 36.6 Å². The summed E-state index contributed by atoms with van der Waals surface area (Å²) in [6.45, 7) is 6.22. The Hall–Kier alpha value is -0.0800. The molecule has 0 aromatic heterocycles. The molecule has 0 amide bonds. The zero-order chi connectivity index (χ0) is 13.3. The molecule has 1 saturated heterocycles. The van der Waals surface area contributed by atoms with Gasteiger partial charge in [-0.3, -0.25) is 4.90 Å². The summed E-state index contributed by atoms with van der Waals surface area (Å²) in [5.74, 6) is 0. The van der Waals surface area contributed by atoms with Crippen LogP contribution in [0.4, 0.5) is 0 Å². The molecule has 0 spiro atoms. The predicted octanol–water partition coefficient (Wildman–Crippen LogP) is 3.95. The Morgan fingerprint density at radius 2 is 1.68 bits per heavy atom. The van der Waals surface area contributed by atoms with E-state index < -0.39 is 0 Å². The van der Waals surface area contributed by atoms with Crippen LogP contribution in [0.1, 0.15) is 77.6 Å². The number of hydrogen-bond acceptors (Lipinski definition) is 2. The van der Waals surface area contributed by atoms with E-state index >= 15 is 0 Å². The van der Waals surface area contributed by atoms with E-state index in [1.807, 2.05) is 0 Å². The first-order valence-corrected chi connectivity index (χ1v) is 8.87. The lowest BCUT2D eigenvalue weighted by molar-refractivity contribution is 0.234. The average molecular weight is 266 g/mol. The van der Waals surface area contributed by atoms with Crippen LogP contribution < -0.4 is 5.32 Å². The van der Waals surface area contributed by atoms with E-state index in [-0.39, 0.29) is 0 Å². The third-order valence-electron chi connectivity index (χ3n) is 4.73. The van der Waals surface area contributed by atoms with Gasteiger partial charge in [0.1, 0.15) is 0 Å². The van der Waals surface area contributed by atoms with Crippen molar-refractivity contribution in [1.29, 1.82) is 0 Å². The maximum absolute atomic E-state index is 3.65. The Labute approximate surface area is 120 Å². The second-order valence-electron chi connectivity index (χ2n) is 6.64. The van der Waals surface area contributed by atoms with E-state index in [0.717, 1.165) is 12.1 Å². The van der Waals surface area contributed by atoms with Crippen LogP contribution >= 0.6 is 0 Å². The van der Waals surface area contributed by atoms with Gasteiger partial charge < -0.3 is 5.32 Å². The van der Waals surface area contributed by atoms with Crippen LogP contribution in [-0.2, 0) is 0 Å². The fourth-order valence-electron chi connectivity index (χ4n) is 3.33. The Bertz CT molecular complexity index is 219. The molecule has 1 aliphatic heterocycles. The van der Waals surface area contributed by atoms with Gasteiger partial charge in [0.2, 0.25) is 0 Å². The first-order chi connectivity index (χ1) is 9.40. The largest absolute Gasteiger partial charge is 0.313 e. The summed E-state index contributed by atoms with van der Waals surface area (Å²) in [6.07, 6.45) is 15.8. The molecule has 112 valence electrons. The highest BCUT2D eigenvalue weighted by atomic mass is 15.2. The molecule has 2 fully saturated rings. The minimum atomic E-state index is 0.796. The van der Waals surface area contributed by atoms with Gasteiger partial charge in [-0.15, -0.1) is 0 Å². The molecule has 0 aromatic rings. The van der Waals surface area contributed by atoms with E-state index in [9.17, 15) is 0 Å². The molecule has 2 aliphatic rings. The van der Waals surface area contributed by atoms with Crippen molar-refractivity contribution in [3.8, 4) is 0 Å². The zero-order valence-corrected chi connectivity index (χ0v) is 13.0. The quantitative estimate of drug-likeness (QED) is 0.570. The lowest BCUT2D eigenvalue weighted by atomic mass is 10.1. The van der Waals surface area contributed by atoms with Gasteiger partial charge in [0.15, 0.2) is 0 Å². The standard InChI is InChI=1S/C17H34N2/c1-2-3-4-5-6-7-8-14-19(17-11-12-17)15-16-10-9-13-18-16/h16-18H,2-15H2,1H3. The molecular formula is C17H34N2. The van der Waals surface area contributed by atoms with Crippen LogP contribution in [0.25, 0.3) is 0 Å². The van der Waals surface area contributed by atoms with Crippen LogP contribution in [0, 0.1) is 0 Å². The molecule has 1 saturated carbocycles. The number of unbranched alkanes of at least 4 members (excludes halogenated alkanes) is 6. The molecule has 0 radical (unpaired) electrons. The molecular weight excluding hydrogens is 232 g/mol. The molecule has 2 rings (SSSR count). The van der Waals surface area contributed by atoms with E-state index in [2.05, 4.69) is 17.1 Å². The number of nitrogens with zero attached hydrogens (tertiary/aromatic N) is 1. The van der Waals surface area contributed by atoms with Crippen LogP contribution in [0.2, 0.25) is 0 Å². The third-order valence-corrected chi connectivity index (χ3v) is 4.73. The topological polar surface area (TPSA) is 15.3 Å². The van der Waals surface area contributed by atoms with E-state index in [1.54, 1.807) is 0 Å². The number of hydrogen-bond donors (Lipinski definition) is 1. The summed E-state index contributed by atoms with van der Waals surface area (Å²) in [6, 6.07) is 1.74. The minimum absolute atomic E-state index is 0.796. The fourth-order valence-corrected chi connectivity index (χ4v) is 3.33. The van der Waals surface area contributed by atoms with E-state index in [1.165, 1.54) is 90.3 Å². The van der Waals surface area contributed by atoms with Gasteiger partial charge in [-0.05, 0) is 45.2 Å². The Morgan fingerprint density at radius 1 is 0.947 bits per heavy atom. The van der Waals surface area contributed by atoms with E-state index in [0.29, 0.717) is 0 Å². The molecule has 1 aliphatic carbocycles. The second-order valence-corrected chi connectivity index (χ2v) is 6.64. The van der Waals surface area contributed by atoms with Gasteiger partial charge in [-0.1, -0.05) is 45.4 Å². The molecule has 1 atom stereocenters. The van der Waals surface area contributed by atoms with Gasteiger partial charge in [-0.2, -0.15) is 0 Å². The van der Waals surface area contributed by atoms with Crippen molar-refractivity contribution >= 4 is 0 Å². The fraction of sp³-hybridized carbons (Fsp3) is 1.00. The Kier molecular flexibility index (Phi) is 7.23. The molecule has 2 heteroatoms. The highest BCUT2D eigenvalue weighted by molar-refractivity contribution is 4.88. The molecule has 1 heterocycles. The molecule has 2 nitrogen and oxygen atoms in total. The van der Waals surface area contributed by atoms with Crippen molar-refractivity contribution in [2.24, 2.45) is 0 Å². The lowest BCUT2D eigenvalue weighted by Gasteiger charge is -2.25. The summed E-state index contributed by atoms with van der Waals surface area (Å²) in [5, 5.41) is 3.65. The van der Waals surface area contributed by atoms with Gasteiger partial charge in [0.05, 0.1) is 0 Å². The van der Waals surface area contributed by atoms with Crippen molar-refractivity contribution in [2.75, 3.05) is 19.6 Å². The molecule has 1 N–H and O–H groups in total. The van der Waals surface area contributed by atoms with Gasteiger partial charge >= 0.3 is 0 Å². The molecule has 19 heavy (non-hydrogen) atoms. The van der Waals surface area contributed by atoms with Crippen molar-refractivity contribution in [2.45, 2.75) is 89.6 Å². The first kappa shape index (κ1) is 15.3. The van der Waals surface area contributed by atoms with Gasteiger partial charge in [0.25, 0.3) is 0 Å². The van der Waals surface area contributed by atoms with Crippen molar-refractivity contribution < 1.29 is 0 Å². The zero-order valence-electron chi connectivity index (χ0n) is 13.0. The maximum atomic E-state index is 3.65. The summed E-state index contributed by atoms with van der Waals surface area (Å²) in [4.78, 5) is 2.79. The minimum Gasteiger partial charge on any atom is -0.313 e. The predicted molar refractivity (Wildman–Crippen MR) is 83.6 cm³/mol. The van der Waals surface area contributed by atoms with Crippen LogP contribution in [0.15, 0.2) is 0 Å². The number of nitrogens with one attached hydrogen (secondary N) is 1. The van der Waals surface area contributed by atoms with Crippen molar-refractivity contribution in [3.63, 3.8) is 0 Å². The maximum Gasteiger partial charge on any atom is 0.0195 e. The Balaban J connectivity index is 1.51. The summed E-state index contributed by atoms with van der Waals surface area (Å²) >= 11 is 0. The van der Waals surface area contributed by atoms with Gasteiger partial charge in [0, 0.05) is 18.6 Å². The van der Waals surface area contributed by atoms with Crippen LogP contribution in [0.3, 0.4) is 0 Å². The highest BCUT2D eigenvalue weighted by Crippen LogP contribution is 2.28.